The predicted molar refractivity (Wildman–Crippen MR) is 121 cm³/mol. The first-order valence-electron chi connectivity index (χ1n) is 10.0. The van der Waals surface area contributed by atoms with Crippen molar-refractivity contribution in [3.8, 4) is 11.5 Å². The van der Waals surface area contributed by atoms with Crippen LogP contribution in [0.5, 0.6) is 11.5 Å². The molecule has 1 fully saturated rings. The summed E-state index contributed by atoms with van der Waals surface area (Å²) in [5, 5.41) is 3.04. The SMILES string of the molecule is COc1ccc(CNC(=O)C(C)N2C[C@@H](CN)[C@H](c3ccccc3)C2)cc1OC.Cl. The van der Waals surface area contributed by atoms with Crippen LogP contribution in [-0.4, -0.2) is 50.7 Å². The number of hydrogen-bond acceptors (Lipinski definition) is 5. The lowest BCUT2D eigenvalue weighted by Gasteiger charge is -2.23. The first kappa shape index (κ1) is 24.0. The second-order valence-corrected chi connectivity index (χ2v) is 7.55. The molecule has 3 atom stereocenters. The average Bonchev–Trinajstić information content (AvgIpc) is 3.21. The molecule has 6 nitrogen and oxygen atoms in total. The number of benzene rings is 2. The molecule has 1 aliphatic rings. The van der Waals surface area contributed by atoms with Gasteiger partial charge < -0.3 is 20.5 Å². The topological polar surface area (TPSA) is 76.8 Å². The number of halogens is 1. The molecule has 164 valence electrons. The number of nitrogens with two attached hydrogens (primary N) is 1. The van der Waals surface area contributed by atoms with Gasteiger partial charge in [0.15, 0.2) is 11.5 Å². The van der Waals surface area contributed by atoms with Crippen LogP contribution in [0.1, 0.15) is 24.0 Å². The highest BCUT2D eigenvalue weighted by atomic mass is 35.5. The Morgan fingerprint density at radius 1 is 1.13 bits per heavy atom. The molecule has 0 aliphatic carbocycles. The lowest BCUT2D eigenvalue weighted by Crippen LogP contribution is -2.44. The molecule has 0 spiro atoms. The third-order valence-corrected chi connectivity index (χ3v) is 5.84. The number of hydrogen-bond donors (Lipinski definition) is 2. The first-order valence-corrected chi connectivity index (χ1v) is 10.0. The van der Waals surface area contributed by atoms with Crippen molar-refractivity contribution < 1.29 is 14.3 Å². The van der Waals surface area contributed by atoms with Gasteiger partial charge >= 0.3 is 0 Å². The Labute approximate surface area is 185 Å². The molecule has 1 unspecified atom stereocenters. The van der Waals surface area contributed by atoms with Crippen LogP contribution in [0.25, 0.3) is 0 Å². The highest BCUT2D eigenvalue weighted by Gasteiger charge is 2.36. The molecule has 1 saturated heterocycles. The van der Waals surface area contributed by atoms with Gasteiger partial charge in [0.1, 0.15) is 0 Å². The Balaban J connectivity index is 0.00000320. The van der Waals surface area contributed by atoms with Gasteiger partial charge in [-0.2, -0.15) is 0 Å². The Hall–Kier alpha value is -2.28. The lowest BCUT2D eigenvalue weighted by molar-refractivity contribution is -0.125. The van der Waals surface area contributed by atoms with Crippen molar-refractivity contribution in [2.75, 3.05) is 33.9 Å². The summed E-state index contributed by atoms with van der Waals surface area (Å²) in [6.45, 7) is 4.71. The Morgan fingerprint density at radius 2 is 1.83 bits per heavy atom. The van der Waals surface area contributed by atoms with Gasteiger partial charge in [-0.1, -0.05) is 36.4 Å². The van der Waals surface area contributed by atoms with E-state index in [0.29, 0.717) is 36.4 Å². The van der Waals surface area contributed by atoms with Gasteiger partial charge in [0.05, 0.1) is 20.3 Å². The summed E-state index contributed by atoms with van der Waals surface area (Å²) < 4.78 is 10.6. The van der Waals surface area contributed by atoms with Gasteiger partial charge in [-0.05, 0) is 42.6 Å². The Morgan fingerprint density at radius 3 is 2.47 bits per heavy atom. The lowest BCUT2D eigenvalue weighted by atomic mass is 9.89. The highest BCUT2D eigenvalue weighted by molar-refractivity contribution is 5.85. The monoisotopic (exact) mass is 433 g/mol. The van der Waals surface area contributed by atoms with Crippen molar-refractivity contribution in [3.05, 3.63) is 59.7 Å². The third kappa shape index (κ3) is 5.45. The van der Waals surface area contributed by atoms with E-state index in [-0.39, 0.29) is 24.4 Å². The van der Waals surface area contributed by atoms with E-state index in [1.165, 1.54) is 5.56 Å². The molecule has 3 rings (SSSR count). The van der Waals surface area contributed by atoms with E-state index < -0.39 is 0 Å². The largest absolute Gasteiger partial charge is 0.493 e. The molecule has 1 heterocycles. The summed E-state index contributed by atoms with van der Waals surface area (Å²) in [7, 11) is 3.21. The number of likely N-dealkylation sites (tertiary alicyclic amines) is 1. The second kappa shape index (κ2) is 11.2. The normalized spacial score (nSPS) is 19.6. The van der Waals surface area contributed by atoms with Crippen molar-refractivity contribution >= 4 is 18.3 Å². The van der Waals surface area contributed by atoms with Gasteiger partial charge in [0.25, 0.3) is 0 Å². The smallest absolute Gasteiger partial charge is 0.237 e. The number of amides is 1. The molecule has 1 aliphatic heterocycles. The summed E-state index contributed by atoms with van der Waals surface area (Å²) >= 11 is 0. The van der Waals surface area contributed by atoms with Gasteiger partial charge in [0, 0.05) is 25.6 Å². The number of rotatable bonds is 8. The van der Waals surface area contributed by atoms with E-state index in [1.54, 1.807) is 14.2 Å². The van der Waals surface area contributed by atoms with Crippen LogP contribution in [0.15, 0.2) is 48.5 Å². The van der Waals surface area contributed by atoms with Crippen molar-refractivity contribution in [3.63, 3.8) is 0 Å². The van der Waals surface area contributed by atoms with Crippen LogP contribution in [0.2, 0.25) is 0 Å². The minimum Gasteiger partial charge on any atom is -0.493 e. The first-order chi connectivity index (χ1) is 14.1. The molecule has 0 saturated carbocycles. The molecular weight excluding hydrogens is 402 g/mol. The summed E-state index contributed by atoms with van der Waals surface area (Å²) in [4.78, 5) is 15.0. The molecule has 3 N–H and O–H groups in total. The zero-order chi connectivity index (χ0) is 20.8. The van der Waals surface area contributed by atoms with Gasteiger partial charge in [-0.15, -0.1) is 12.4 Å². The predicted octanol–water partition coefficient (Wildman–Crippen LogP) is 2.80. The van der Waals surface area contributed by atoms with Crippen LogP contribution < -0.4 is 20.5 Å². The van der Waals surface area contributed by atoms with Crippen LogP contribution in [0.3, 0.4) is 0 Å². The minimum atomic E-state index is -0.210. The van der Waals surface area contributed by atoms with Gasteiger partial charge in [-0.3, -0.25) is 9.69 Å². The van der Waals surface area contributed by atoms with Crippen LogP contribution in [0, 0.1) is 5.92 Å². The average molecular weight is 434 g/mol. The maximum Gasteiger partial charge on any atom is 0.237 e. The summed E-state index contributed by atoms with van der Waals surface area (Å²) in [6, 6.07) is 15.9. The van der Waals surface area contributed by atoms with Crippen molar-refractivity contribution in [2.45, 2.75) is 25.4 Å². The molecule has 2 aromatic rings. The number of methoxy groups -OCH3 is 2. The molecule has 0 radical (unpaired) electrons. The molecular formula is C23H32ClN3O3. The molecule has 1 amide bonds. The quantitative estimate of drug-likeness (QED) is 0.669. The number of carbonyl (C=O) groups is 1. The van der Waals surface area contributed by atoms with E-state index in [9.17, 15) is 4.79 Å². The van der Waals surface area contributed by atoms with E-state index >= 15 is 0 Å². The fourth-order valence-corrected chi connectivity index (χ4v) is 4.03. The maximum atomic E-state index is 12.8. The van der Waals surface area contributed by atoms with E-state index in [1.807, 2.05) is 31.2 Å². The number of ether oxygens (including phenoxy) is 2. The van der Waals surface area contributed by atoms with Gasteiger partial charge in [-0.25, -0.2) is 0 Å². The molecule has 30 heavy (non-hydrogen) atoms. The number of nitrogens with one attached hydrogen (secondary N) is 1. The van der Waals surface area contributed by atoms with Crippen molar-refractivity contribution in [1.82, 2.24) is 10.2 Å². The highest BCUT2D eigenvalue weighted by Crippen LogP contribution is 2.33. The van der Waals surface area contributed by atoms with Crippen LogP contribution in [-0.2, 0) is 11.3 Å². The fourth-order valence-electron chi connectivity index (χ4n) is 4.03. The second-order valence-electron chi connectivity index (χ2n) is 7.55. The maximum absolute atomic E-state index is 12.8. The summed E-state index contributed by atoms with van der Waals surface area (Å²) in [6.07, 6.45) is 0. The molecule has 0 bridgehead atoms. The summed E-state index contributed by atoms with van der Waals surface area (Å²) in [5.41, 5.74) is 8.30. The standard InChI is InChI=1S/C23H31N3O3.ClH/c1-16(23(27)25-13-17-9-10-21(28-2)22(11-17)29-3)26-14-19(12-24)20(15-26)18-7-5-4-6-8-18;/h4-11,16,19-20H,12-15,24H2,1-3H3,(H,25,27);1H/t16?,19-,20+;/m1./s1. The molecule has 7 heteroatoms. The van der Waals surface area contributed by atoms with Crippen LogP contribution >= 0.6 is 12.4 Å². The number of nitrogens with zero attached hydrogens (tertiary/aromatic N) is 1. The zero-order valence-corrected chi connectivity index (χ0v) is 18.7. The summed E-state index contributed by atoms with van der Waals surface area (Å²) in [5.74, 6) is 2.07. The van der Waals surface area contributed by atoms with E-state index in [0.717, 1.165) is 18.7 Å². The zero-order valence-electron chi connectivity index (χ0n) is 17.8. The molecule has 2 aromatic carbocycles. The molecule has 0 aromatic heterocycles. The fraction of sp³-hybridized carbons (Fsp3) is 0.435. The minimum absolute atomic E-state index is 0. The van der Waals surface area contributed by atoms with Crippen molar-refractivity contribution in [2.24, 2.45) is 11.7 Å². The Bertz CT molecular complexity index is 819. The third-order valence-electron chi connectivity index (χ3n) is 5.84. The number of carbonyl (C=O) groups excluding carboxylic acids is 1. The van der Waals surface area contributed by atoms with Gasteiger partial charge in [0.2, 0.25) is 5.91 Å². The van der Waals surface area contributed by atoms with E-state index in [2.05, 4.69) is 34.5 Å². The van der Waals surface area contributed by atoms with Crippen molar-refractivity contribution in [1.29, 1.82) is 0 Å². The van der Waals surface area contributed by atoms with Crippen LogP contribution in [0.4, 0.5) is 0 Å². The van der Waals surface area contributed by atoms with E-state index in [4.69, 9.17) is 15.2 Å². The Kier molecular flexibility index (Phi) is 8.96.